The van der Waals surface area contributed by atoms with Crippen molar-refractivity contribution in [3.8, 4) is 6.07 Å². The van der Waals surface area contributed by atoms with Gasteiger partial charge < -0.3 is 15.4 Å². The fraction of sp³-hybridized carbons (Fsp3) is 0.545. The van der Waals surface area contributed by atoms with Crippen molar-refractivity contribution in [1.82, 2.24) is 9.55 Å². The van der Waals surface area contributed by atoms with Crippen LogP contribution in [0.15, 0.2) is 0 Å². The number of hydrogen-bond donors (Lipinski definition) is 2. The van der Waals surface area contributed by atoms with Crippen molar-refractivity contribution in [2.75, 3.05) is 0 Å². The summed E-state index contributed by atoms with van der Waals surface area (Å²) in [6, 6.07) is 1.40. The van der Waals surface area contributed by atoms with Crippen molar-refractivity contribution in [2.45, 2.75) is 38.3 Å². The van der Waals surface area contributed by atoms with E-state index in [0.29, 0.717) is 11.5 Å². The van der Waals surface area contributed by atoms with Crippen LogP contribution in [-0.2, 0) is 17.8 Å². The van der Waals surface area contributed by atoms with Gasteiger partial charge in [0, 0.05) is 6.54 Å². The van der Waals surface area contributed by atoms with Crippen LogP contribution in [0.2, 0.25) is 0 Å². The summed E-state index contributed by atoms with van der Waals surface area (Å²) >= 11 is 0. The molecule has 1 atom stereocenters. The summed E-state index contributed by atoms with van der Waals surface area (Å²) in [6.45, 7) is 0.771. The number of carboxylic acid groups (broad SMARTS) is 1. The van der Waals surface area contributed by atoms with Crippen LogP contribution in [0.3, 0.4) is 0 Å². The maximum Gasteiger partial charge on any atom is 0.305 e. The average Bonchev–Trinajstić information content (AvgIpc) is 2.67. The number of nitrogens with two attached hydrogens (primary N) is 1. The van der Waals surface area contributed by atoms with E-state index in [-0.39, 0.29) is 6.42 Å². The van der Waals surface area contributed by atoms with Crippen molar-refractivity contribution in [3.05, 3.63) is 17.2 Å². The van der Waals surface area contributed by atoms with Gasteiger partial charge in [-0.2, -0.15) is 5.26 Å². The number of hydrogen-bond acceptors (Lipinski definition) is 4. The number of aromatic nitrogens is 2. The maximum absolute atomic E-state index is 10.6. The Morgan fingerprint density at radius 1 is 1.65 bits per heavy atom. The summed E-state index contributed by atoms with van der Waals surface area (Å²) in [6.07, 6.45) is 2.70. The van der Waals surface area contributed by atoms with E-state index in [1.54, 1.807) is 0 Å². The van der Waals surface area contributed by atoms with Crippen LogP contribution in [-0.4, -0.2) is 20.6 Å². The fourth-order valence-corrected chi connectivity index (χ4v) is 2.22. The van der Waals surface area contributed by atoms with Crippen LogP contribution in [0.1, 0.15) is 42.5 Å². The smallest absolute Gasteiger partial charge is 0.305 e. The van der Waals surface area contributed by atoms with Gasteiger partial charge in [0.2, 0.25) is 0 Å². The molecule has 0 aromatic carbocycles. The van der Waals surface area contributed by atoms with Gasteiger partial charge in [0.15, 0.2) is 5.69 Å². The van der Waals surface area contributed by atoms with Gasteiger partial charge in [-0.3, -0.25) is 4.79 Å². The van der Waals surface area contributed by atoms with Gasteiger partial charge >= 0.3 is 5.97 Å². The van der Waals surface area contributed by atoms with E-state index >= 15 is 0 Å². The molecule has 1 aromatic heterocycles. The van der Waals surface area contributed by atoms with Gasteiger partial charge in [-0.15, -0.1) is 0 Å². The lowest BCUT2D eigenvalue weighted by atomic mass is 10.1. The molecule has 17 heavy (non-hydrogen) atoms. The molecular weight excluding hydrogens is 220 g/mol. The molecule has 1 aliphatic heterocycles. The Hall–Kier alpha value is -1.87. The third-order valence-electron chi connectivity index (χ3n) is 2.98. The number of imidazole rings is 1. The van der Waals surface area contributed by atoms with E-state index in [4.69, 9.17) is 16.1 Å². The van der Waals surface area contributed by atoms with Crippen molar-refractivity contribution in [3.63, 3.8) is 0 Å². The number of nitriles is 1. The predicted octanol–water partition coefficient (Wildman–Crippen LogP) is 0.566. The average molecular weight is 234 g/mol. The summed E-state index contributed by atoms with van der Waals surface area (Å²) in [4.78, 5) is 14.8. The first-order chi connectivity index (χ1) is 8.13. The molecule has 6 nitrogen and oxygen atoms in total. The Kier molecular flexibility index (Phi) is 3.11. The normalized spacial score (nSPS) is 16.0. The lowest BCUT2D eigenvalue weighted by molar-refractivity contribution is -0.137. The second kappa shape index (κ2) is 4.55. The first-order valence-electron chi connectivity index (χ1n) is 5.60. The summed E-state index contributed by atoms with van der Waals surface area (Å²) in [5.41, 5.74) is 7.10. The van der Waals surface area contributed by atoms with Crippen LogP contribution in [0.4, 0.5) is 0 Å². The topological polar surface area (TPSA) is 105 Å². The second-order valence-corrected chi connectivity index (χ2v) is 4.19. The Bertz CT molecular complexity index is 486. The molecule has 2 rings (SSSR count). The molecule has 3 N–H and O–H groups in total. The molecule has 0 saturated heterocycles. The van der Waals surface area contributed by atoms with Crippen molar-refractivity contribution in [2.24, 2.45) is 5.73 Å². The molecule has 1 aliphatic rings. The van der Waals surface area contributed by atoms with E-state index in [0.717, 1.165) is 31.5 Å². The molecule has 90 valence electrons. The molecule has 1 unspecified atom stereocenters. The van der Waals surface area contributed by atoms with Gasteiger partial charge in [-0.05, 0) is 19.3 Å². The first-order valence-corrected chi connectivity index (χ1v) is 5.60. The molecule has 0 fully saturated rings. The van der Waals surface area contributed by atoms with E-state index in [9.17, 15) is 4.79 Å². The SMILES string of the molecule is N#Cc1nc(C(N)CC(=O)O)n2c1CCCC2. The summed E-state index contributed by atoms with van der Waals surface area (Å²) < 4.78 is 1.91. The van der Waals surface area contributed by atoms with Crippen LogP contribution in [0, 0.1) is 11.3 Å². The number of nitrogens with zero attached hydrogens (tertiary/aromatic N) is 3. The van der Waals surface area contributed by atoms with Crippen molar-refractivity contribution >= 4 is 5.97 Å². The summed E-state index contributed by atoms with van der Waals surface area (Å²) in [7, 11) is 0. The Labute approximate surface area is 98.7 Å². The highest BCUT2D eigenvalue weighted by Gasteiger charge is 2.24. The lowest BCUT2D eigenvalue weighted by Crippen LogP contribution is -2.22. The van der Waals surface area contributed by atoms with Crippen molar-refractivity contribution < 1.29 is 9.90 Å². The van der Waals surface area contributed by atoms with Gasteiger partial charge in [0.05, 0.1) is 18.2 Å². The highest BCUT2D eigenvalue weighted by atomic mass is 16.4. The van der Waals surface area contributed by atoms with Crippen LogP contribution in [0.5, 0.6) is 0 Å². The Morgan fingerprint density at radius 2 is 2.41 bits per heavy atom. The molecular formula is C11H14N4O2. The molecule has 1 aromatic rings. The minimum Gasteiger partial charge on any atom is -0.481 e. The molecule has 0 saturated carbocycles. The van der Waals surface area contributed by atoms with Gasteiger partial charge in [-0.1, -0.05) is 0 Å². The molecule has 2 heterocycles. The molecule has 0 aliphatic carbocycles. The van der Waals surface area contributed by atoms with Gasteiger partial charge in [-0.25, -0.2) is 4.98 Å². The number of fused-ring (bicyclic) bond motifs is 1. The minimum absolute atomic E-state index is 0.165. The minimum atomic E-state index is -0.954. The monoisotopic (exact) mass is 234 g/mol. The zero-order valence-corrected chi connectivity index (χ0v) is 9.39. The molecule has 6 heteroatoms. The predicted molar refractivity (Wildman–Crippen MR) is 59.1 cm³/mol. The summed E-state index contributed by atoms with van der Waals surface area (Å²) in [5, 5.41) is 17.7. The lowest BCUT2D eigenvalue weighted by Gasteiger charge is -2.18. The van der Waals surface area contributed by atoms with Crippen LogP contribution < -0.4 is 5.73 Å². The van der Waals surface area contributed by atoms with Gasteiger partial charge in [0.25, 0.3) is 0 Å². The number of carboxylic acids is 1. The fourth-order valence-electron chi connectivity index (χ4n) is 2.22. The Morgan fingerprint density at radius 3 is 3.06 bits per heavy atom. The molecule has 0 spiro atoms. The maximum atomic E-state index is 10.6. The molecule has 0 radical (unpaired) electrons. The quantitative estimate of drug-likeness (QED) is 0.795. The third kappa shape index (κ3) is 2.15. The Balaban J connectivity index is 2.37. The standard InChI is InChI=1S/C11H14N4O2/c12-6-8-9-3-1-2-4-15(9)11(14-8)7(13)5-10(16)17/h7H,1-5,13H2,(H,16,17). The zero-order chi connectivity index (χ0) is 12.4. The second-order valence-electron chi connectivity index (χ2n) is 4.19. The zero-order valence-electron chi connectivity index (χ0n) is 9.39. The van der Waals surface area contributed by atoms with Gasteiger partial charge in [0.1, 0.15) is 11.9 Å². The van der Waals surface area contributed by atoms with E-state index < -0.39 is 12.0 Å². The van der Waals surface area contributed by atoms with Crippen LogP contribution in [0.25, 0.3) is 0 Å². The molecule has 0 bridgehead atoms. The summed E-state index contributed by atoms with van der Waals surface area (Å²) in [5.74, 6) is -0.428. The first kappa shape index (κ1) is 11.6. The van der Waals surface area contributed by atoms with E-state index in [2.05, 4.69) is 4.98 Å². The number of aliphatic carboxylic acids is 1. The largest absolute Gasteiger partial charge is 0.481 e. The van der Waals surface area contributed by atoms with E-state index in [1.165, 1.54) is 0 Å². The van der Waals surface area contributed by atoms with Crippen molar-refractivity contribution in [1.29, 1.82) is 5.26 Å². The number of rotatable bonds is 3. The highest BCUT2D eigenvalue weighted by molar-refractivity contribution is 5.67. The highest BCUT2D eigenvalue weighted by Crippen LogP contribution is 2.24. The third-order valence-corrected chi connectivity index (χ3v) is 2.98. The number of carbonyl (C=O) groups is 1. The molecule has 0 amide bonds. The van der Waals surface area contributed by atoms with E-state index in [1.807, 2.05) is 10.6 Å². The van der Waals surface area contributed by atoms with Crippen LogP contribution >= 0.6 is 0 Å².